The zero-order valence-electron chi connectivity index (χ0n) is 40.8. The summed E-state index contributed by atoms with van der Waals surface area (Å²) in [5, 5.41) is 19.8. The van der Waals surface area contributed by atoms with Crippen molar-refractivity contribution in [3.05, 3.63) is 153 Å². The lowest BCUT2D eigenvalue weighted by Gasteiger charge is -1.97. The van der Waals surface area contributed by atoms with Crippen LogP contribution in [0.1, 0.15) is 161 Å². The maximum atomic E-state index is 4.55. The van der Waals surface area contributed by atoms with Crippen LogP contribution in [0.15, 0.2) is 108 Å². The molecule has 15 heteroatoms. The summed E-state index contributed by atoms with van der Waals surface area (Å²) in [4.78, 5) is 26.3. The molecule has 8 heterocycles. The Kier molecular flexibility index (Phi) is 45.4. The minimum absolute atomic E-state index is 0. The van der Waals surface area contributed by atoms with Crippen molar-refractivity contribution < 1.29 is 4.28 Å². The summed E-state index contributed by atoms with van der Waals surface area (Å²) in [6.07, 6.45) is 18.9. The Bertz CT molecular complexity index is 2090. The third-order valence-electron chi connectivity index (χ3n) is 7.48. The van der Waals surface area contributed by atoms with Crippen LogP contribution in [0.2, 0.25) is 0 Å². The average Bonchev–Trinajstić information content (AvgIpc) is 4.24. The molecular weight excluding hydrogens is 856 g/mol. The van der Waals surface area contributed by atoms with E-state index in [4.69, 9.17) is 0 Å². The minimum Gasteiger partial charge on any atom is -0.220 e. The zero-order valence-corrected chi connectivity index (χ0v) is 42.4. The molecule has 0 bridgehead atoms. The Labute approximate surface area is 415 Å². The summed E-state index contributed by atoms with van der Waals surface area (Å²) >= 11 is 3.46. The molecule has 0 N–H and O–H groups in total. The molecule has 8 aromatic heterocycles. The molecule has 0 spiro atoms. The molecule has 0 atom stereocenters. The van der Waals surface area contributed by atoms with E-state index in [0.717, 1.165) is 47.5 Å². The summed E-state index contributed by atoms with van der Waals surface area (Å²) in [6, 6.07) is 11.7. The van der Waals surface area contributed by atoms with E-state index in [9.17, 15) is 0 Å². The molecule has 0 fully saturated rings. The first-order chi connectivity index (χ1) is 30.5. The molecule has 3 radical (unpaired) electrons. The van der Waals surface area contributed by atoms with Crippen molar-refractivity contribution in [2.45, 2.75) is 152 Å². The van der Waals surface area contributed by atoms with E-state index in [1.807, 2.05) is 109 Å². The van der Waals surface area contributed by atoms with Gasteiger partial charge in [0, 0.05) is 86.2 Å². The molecule has 0 amide bonds. The standard InChI is InChI=1S/2C13H12N4S.C10H12N4.6C2H6.3CH4.B.3H2/c1-10-9-17(13-14-5-3-6-15-13)16-12(10)8-11-4-2-7-18-11;1-10-8-17(13-14-4-2-5-15-13)16-12(10)7-11-3-6-18-9-11;1-3-9-8(2)7-14(13-9)10-11-5-4-6-12-10;6*1-2;;;;;;;/h2-7,9H,8H2,1H3;2-6,8-9H,7H2,1H3;4-7H,3H2,1-2H3;6*1-2H3;3*1H4;;3*1H/i;;;;;;;;;;;;;3*1+1. The van der Waals surface area contributed by atoms with Gasteiger partial charge in [0.2, 0.25) is 17.8 Å². The molecule has 369 valence electrons. The summed E-state index contributed by atoms with van der Waals surface area (Å²) in [5.74, 6) is 1.84. The van der Waals surface area contributed by atoms with E-state index < -0.39 is 0 Å². The SMILES string of the molecule is C.C.C.CC.CC.CC.CC.CC.CC.CCc1nn(-c2ncccn2)cc1C.Cc1cn(-c2ncccn2)nc1Cc1cccs1.Cc1cn(-c2ncccn2)nc1Cc1ccsc1.[2HH].[2HH].[2HH].[B]. The van der Waals surface area contributed by atoms with Crippen LogP contribution in [0.4, 0.5) is 0 Å². The first-order valence-corrected chi connectivity index (χ1v) is 23.8. The van der Waals surface area contributed by atoms with Gasteiger partial charge < -0.3 is 0 Å². The topological polar surface area (TPSA) is 131 Å². The van der Waals surface area contributed by atoms with Gasteiger partial charge in [-0.2, -0.15) is 26.6 Å². The van der Waals surface area contributed by atoms with E-state index >= 15 is 0 Å². The third kappa shape index (κ3) is 23.5. The van der Waals surface area contributed by atoms with Gasteiger partial charge in [-0.25, -0.2) is 43.9 Å². The zero-order chi connectivity index (χ0) is 46.7. The number of hydrogen-bond donors (Lipinski definition) is 0. The van der Waals surface area contributed by atoms with Gasteiger partial charge >= 0.3 is 0 Å². The molecule has 8 aromatic rings. The monoisotopic (exact) mass is 949 g/mol. The fraction of sp³-hybridized carbons (Fsp3) is 0.431. The Balaban J connectivity index is -0.000000117. The van der Waals surface area contributed by atoms with Gasteiger partial charge in [-0.3, -0.25) is 0 Å². The lowest BCUT2D eigenvalue weighted by molar-refractivity contribution is 0.785. The summed E-state index contributed by atoms with van der Waals surface area (Å²) in [5.41, 5.74) is 8.04. The second-order valence-electron chi connectivity index (χ2n) is 11.2. The first-order valence-electron chi connectivity index (χ1n) is 22.0. The lowest BCUT2D eigenvalue weighted by Crippen LogP contribution is -2.01. The lowest BCUT2D eigenvalue weighted by atomic mass is 10.1. The van der Waals surface area contributed by atoms with Crippen LogP contribution >= 0.6 is 22.7 Å². The van der Waals surface area contributed by atoms with E-state index in [1.165, 1.54) is 16.0 Å². The predicted molar refractivity (Wildman–Crippen MR) is 296 cm³/mol. The largest absolute Gasteiger partial charge is 0.250 e. The predicted octanol–water partition coefficient (Wildman–Crippen LogP) is 15.2. The summed E-state index contributed by atoms with van der Waals surface area (Å²) in [6.45, 7) is 32.3. The van der Waals surface area contributed by atoms with Gasteiger partial charge in [0.05, 0.1) is 17.1 Å². The van der Waals surface area contributed by atoms with Crippen LogP contribution < -0.4 is 0 Å². The quantitative estimate of drug-likeness (QED) is 0.137. The second-order valence-corrected chi connectivity index (χ2v) is 13.0. The molecule has 0 saturated heterocycles. The highest BCUT2D eigenvalue weighted by Crippen LogP contribution is 2.18. The minimum atomic E-state index is 0. The van der Waals surface area contributed by atoms with E-state index in [0.29, 0.717) is 17.8 Å². The van der Waals surface area contributed by atoms with Crippen molar-refractivity contribution in [1.82, 2.24) is 59.2 Å². The molecule has 12 nitrogen and oxygen atoms in total. The van der Waals surface area contributed by atoms with Gasteiger partial charge in [0.15, 0.2) is 0 Å². The Morgan fingerprint density at radius 3 is 1.12 bits per heavy atom. The second kappa shape index (κ2) is 43.2. The van der Waals surface area contributed by atoms with Crippen LogP contribution in [0.3, 0.4) is 0 Å². The molecular formula is C51H90BN12S2. The molecule has 66 heavy (non-hydrogen) atoms. The fourth-order valence-corrected chi connectivity index (χ4v) is 6.26. The van der Waals surface area contributed by atoms with Crippen molar-refractivity contribution in [3.8, 4) is 17.8 Å². The highest BCUT2D eigenvalue weighted by atomic mass is 32.1. The van der Waals surface area contributed by atoms with Crippen molar-refractivity contribution in [2.75, 3.05) is 0 Å². The molecule has 8 rings (SSSR count). The molecule has 0 aliphatic rings. The van der Waals surface area contributed by atoms with Crippen LogP contribution in [0, 0.1) is 20.8 Å². The van der Waals surface area contributed by atoms with Crippen LogP contribution in [-0.2, 0) is 19.3 Å². The van der Waals surface area contributed by atoms with Gasteiger partial charge in [-0.05, 0) is 95.9 Å². The van der Waals surface area contributed by atoms with Crippen molar-refractivity contribution >= 4 is 31.1 Å². The van der Waals surface area contributed by atoms with Crippen LogP contribution in [0.5, 0.6) is 0 Å². The smallest absolute Gasteiger partial charge is 0.220 e. The van der Waals surface area contributed by atoms with E-state index in [2.05, 4.69) is 100 Å². The van der Waals surface area contributed by atoms with Gasteiger partial charge in [-0.15, -0.1) is 11.3 Å². The van der Waals surface area contributed by atoms with Crippen LogP contribution in [0.25, 0.3) is 17.8 Å². The number of hydrogen-bond acceptors (Lipinski definition) is 11. The highest BCUT2D eigenvalue weighted by Gasteiger charge is 2.10. The Morgan fingerprint density at radius 1 is 0.470 bits per heavy atom. The molecule has 0 saturated carbocycles. The average molecular weight is 949 g/mol. The first kappa shape index (κ1) is 69.4. The normalized spacial score (nSPS) is 8.61. The van der Waals surface area contributed by atoms with E-state index in [-0.39, 0.29) is 35.0 Å². The van der Waals surface area contributed by atoms with Crippen molar-refractivity contribution in [3.63, 3.8) is 0 Å². The van der Waals surface area contributed by atoms with Gasteiger partial charge in [0.25, 0.3) is 0 Å². The summed E-state index contributed by atoms with van der Waals surface area (Å²) < 4.78 is 5.18. The number of rotatable bonds is 8. The Hall–Kier alpha value is -5.67. The Morgan fingerprint density at radius 2 is 0.818 bits per heavy atom. The molecule has 0 unspecified atom stereocenters. The fourth-order valence-electron chi connectivity index (χ4n) is 4.89. The van der Waals surface area contributed by atoms with Gasteiger partial charge in [0.1, 0.15) is 0 Å². The molecule has 0 aromatic carbocycles. The van der Waals surface area contributed by atoms with Gasteiger partial charge in [-0.1, -0.05) is 118 Å². The maximum Gasteiger partial charge on any atom is 0.250 e. The third-order valence-corrected chi connectivity index (χ3v) is 9.09. The van der Waals surface area contributed by atoms with Crippen molar-refractivity contribution in [1.29, 1.82) is 0 Å². The molecule has 0 aliphatic heterocycles. The number of thiophene rings is 2. The number of aromatic nitrogens is 12. The number of aryl methyl sites for hydroxylation is 4. The maximum absolute atomic E-state index is 4.55. The molecule has 0 aliphatic carbocycles. The summed E-state index contributed by atoms with van der Waals surface area (Å²) in [7, 11) is 0. The van der Waals surface area contributed by atoms with E-state index in [1.54, 1.807) is 92.1 Å². The van der Waals surface area contributed by atoms with Crippen LogP contribution in [-0.4, -0.2) is 67.7 Å². The van der Waals surface area contributed by atoms with Crippen molar-refractivity contribution in [2.24, 2.45) is 0 Å². The highest BCUT2D eigenvalue weighted by molar-refractivity contribution is 7.09. The number of nitrogens with zero attached hydrogens (tertiary/aromatic N) is 12.